The molecule has 0 fully saturated rings. The third-order valence-electron chi connectivity index (χ3n) is 5.45. The topological polar surface area (TPSA) is 62.0 Å². The number of ketones is 1. The Hall–Kier alpha value is -4.04. The Morgan fingerprint density at radius 1 is 0.541 bits per heavy atom. The lowest BCUT2D eigenvalue weighted by Crippen LogP contribution is -2.13. The molecule has 0 saturated heterocycles. The average Bonchev–Trinajstić information content (AvgIpc) is 3.76. The number of carbonyl (C=O) groups excluding carboxylic acids is 2. The first-order valence-corrected chi connectivity index (χ1v) is 14.1. The van der Waals surface area contributed by atoms with Crippen molar-refractivity contribution in [2.45, 2.75) is 0 Å². The quantitative estimate of drug-likeness (QED) is 0.189. The number of aromatic amines is 1. The van der Waals surface area contributed by atoms with Crippen LogP contribution in [0.2, 0.25) is 0 Å². The number of fused-ring (bicyclic) bond motifs is 5. The number of aromatic nitrogens is 1. The largest absolute Gasteiger partial charge is 0.357 e. The molecule has 0 spiro atoms. The molecule has 4 aromatic heterocycles. The molecule has 182 valence electrons. The van der Waals surface area contributed by atoms with Crippen LogP contribution in [0.3, 0.4) is 0 Å². The van der Waals surface area contributed by atoms with E-state index in [0.29, 0.717) is 11.4 Å². The Morgan fingerprint density at radius 2 is 1.05 bits per heavy atom. The van der Waals surface area contributed by atoms with Crippen molar-refractivity contribution in [1.29, 1.82) is 0 Å². The highest BCUT2D eigenvalue weighted by atomic mass is 32.1. The summed E-state index contributed by atoms with van der Waals surface area (Å²) in [4.78, 5) is 24.1. The maximum atomic E-state index is 10.8. The van der Waals surface area contributed by atoms with Gasteiger partial charge in [0.25, 0.3) is 11.7 Å². The fraction of sp³-hybridized carbons (Fsp3) is 0. The second-order valence-corrected chi connectivity index (χ2v) is 10.8. The van der Waals surface area contributed by atoms with Gasteiger partial charge in [-0.15, -0.1) is 34.0 Å². The van der Waals surface area contributed by atoms with Crippen LogP contribution in [0.1, 0.15) is 10.5 Å². The van der Waals surface area contributed by atoms with Gasteiger partial charge < -0.3 is 10.3 Å². The van der Waals surface area contributed by atoms with Crippen molar-refractivity contribution >= 4 is 81.0 Å². The third kappa shape index (κ3) is 5.86. The van der Waals surface area contributed by atoms with Crippen molar-refractivity contribution in [2.24, 2.45) is 0 Å². The minimum atomic E-state index is -0.554. The molecule has 37 heavy (non-hydrogen) atoms. The van der Waals surface area contributed by atoms with Gasteiger partial charge >= 0.3 is 0 Å². The molecule has 3 aromatic carbocycles. The number of hydrogen-bond acceptors (Lipinski definition) is 5. The predicted molar refractivity (Wildman–Crippen MR) is 159 cm³/mol. The van der Waals surface area contributed by atoms with Gasteiger partial charge in [0, 0.05) is 35.8 Å². The molecule has 1 amide bonds. The van der Waals surface area contributed by atoms with Gasteiger partial charge in [0.15, 0.2) is 0 Å². The molecular formula is C30H22N2O2S3. The van der Waals surface area contributed by atoms with Crippen LogP contribution in [0.15, 0.2) is 120 Å². The van der Waals surface area contributed by atoms with E-state index in [0.717, 1.165) is 0 Å². The zero-order valence-corrected chi connectivity index (χ0v) is 22.0. The van der Waals surface area contributed by atoms with Crippen LogP contribution in [-0.2, 0) is 4.79 Å². The number of H-pyrrole nitrogens is 1. The fourth-order valence-corrected chi connectivity index (χ4v) is 6.64. The Morgan fingerprint density at radius 3 is 1.57 bits per heavy atom. The zero-order valence-electron chi connectivity index (χ0n) is 19.6. The maximum absolute atomic E-state index is 10.8. The van der Waals surface area contributed by atoms with Crippen LogP contribution >= 0.6 is 34.0 Å². The highest BCUT2D eigenvalue weighted by Gasteiger charge is 2.28. The molecule has 7 aromatic rings. The molecule has 1 aliphatic rings. The van der Waals surface area contributed by atoms with Crippen molar-refractivity contribution in [2.75, 3.05) is 5.32 Å². The molecule has 4 nitrogen and oxygen atoms in total. The van der Waals surface area contributed by atoms with E-state index in [2.05, 4.69) is 81.7 Å². The molecule has 2 N–H and O–H groups in total. The number of rotatable bonds is 0. The lowest BCUT2D eigenvalue weighted by molar-refractivity contribution is -0.112. The molecule has 0 atom stereocenters. The van der Waals surface area contributed by atoms with Crippen molar-refractivity contribution in [1.82, 2.24) is 4.98 Å². The summed E-state index contributed by atoms with van der Waals surface area (Å²) in [7, 11) is 0. The summed E-state index contributed by atoms with van der Waals surface area (Å²) in [5.74, 6) is -1.04. The molecule has 0 saturated carbocycles. The van der Waals surface area contributed by atoms with E-state index in [1.807, 2.05) is 47.7 Å². The third-order valence-corrected chi connectivity index (χ3v) is 8.50. The number of benzene rings is 3. The smallest absolute Gasteiger partial charge is 0.298 e. The second kappa shape index (κ2) is 11.8. The van der Waals surface area contributed by atoms with Crippen molar-refractivity contribution in [3.8, 4) is 0 Å². The highest BCUT2D eigenvalue weighted by Crippen LogP contribution is 2.32. The van der Waals surface area contributed by atoms with Gasteiger partial charge in [-0.2, -0.15) is 0 Å². The summed E-state index contributed by atoms with van der Waals surface area (Å²) >= 11 is 5.47. The number of Topliss-reactive ketones (excluding diaryl/α,β-unsaturated/α-hetero) is 1. The van der Waals surface area contributed by atoms with E-state index in [1.165, 1.54) is 29.6 Å². The monoisotopic (exact) mass is 538 g/mol. The first kappa shape index (κ1) is 24.6. The van der Waals surface area contributed by atoms with E-state index in [1.54, 1.807) is 34.9 Å². The van der Waals surface area contributed by atoms with Gasteiger partial charge in [-0.25, -0.2) is 0 Å². The van der Waals surface area contributed by atoms with Gasteiger partial charge in [-0.1, -0.05) is 72.8 Å². The Labute approximate surface area is 225 Å². The summed E-state index contributed by atoms with van der Waals surface area (Å²) in [6.07, 6.45) is 1.61. The number of nitrogens with one attached hydrogen (secondary N) is 2. The molecule has 5 heterocycles. The normalized spacial score (nSPS) is 11.6. The zero-order chi connectivity index (χ0) is 25.5. The van der Waals surface area contributed by atoms with E-state index >= 15 is 0 Å². The highest BCUT2D eigenvalue weighted by molar-refractivity contribution is 7.26. The summed E-state index contributed by atoms with van der Waals surface area (Å²) in [5, 5.41) is 9.42. The number of thiophene rings is 3. The van der Waals surface area contributed by atoms with Crippen molar-refractivity contribution in [3.05, 3.63) is 126 Å². The van der Waals surface area contributed by atoms with Gasteiger partial charge in [0.05, 0.1) is 5.69 Å². The summed E-state index contributed by atoms with van der Waals surface area (Å²) in [5.41, 5.74) is 0.944. The molecule has 1 aliphatic heterocycles. The lowest BCUT2D eigenvalue weighted by Gasteiger charge is -1.88. The molecule has 0 aliphatic carbocycles. The van der Waals surface area contributed by atoms with E-state index in [-0.39, 0.29) is 0 Å². The van der Waals surface area contributed by atoms with Gasteiger partial charge in [0.2, 0.25) is 0 Å². The van der Waals surface area contributed by atoms with E-state index < -0.39 is 11.7 Å². The van der Waals surface area contributed by atoms with Crippen LogP contribution in [0.25, 0.3) is 29.6 Å². The molecule has 0 unspecified atom stereocenters. The maximum Gasteiger partial charge on any atom is 0.298 e. The average molecular weight is 539 g/mol. The van der Waals surface area contributed by atoms with Crippen LogP contribution in [0.4, 0.5) is 5.69 Å². The fourth-order valence-electron chi connectivity index (χ4n) is 3.71. The molecular weight excluding hydrogens is 517 g/mol. The number of carbonyl (C=O) groups is 2. The number of anilines is 1. The summed E-state index contributed by atoms with van der Waals surface area (Å²) < 4.78 is 5.58. The van der Waals surface area contributed by atoms with Crippen LogP contribution in [0.5, 0.6) is 0 Å². The minimum absolute atomic E-state index is 0.366. The van der Waals surface area contributed by atoms with Crippen LogP contribution < -0.4 is 5.32 Å². The predicted octanol–water partition coefficient (Wildman–Crippen LogP) is 8.85. The summed E-state index contributed by atoms with van der Waals surface area (Å²) in [6.45, 7) is 0. The van der Waals surface area contributed by atoms with Gasteiger partial charge in [-0.3, -0.25) is 9.59 Å². The van der Waals surface area contributed by atoms with Gasteiger partial charge in [0.1, 0.15) is 5.69 Å². The van der Waals surface area contributed by atoms with Crippen LogP contribution in [-0.4, -0.2) is 16.7 Å². The SMILES string of the molecule is O=C1Nc2cc[nH]c2C1=O.c1cc2sccc2s1.c1ccc2c(c1)sc1ccccc12.c1ccccc1. The Bertz CT molecular complexity index is 1630. The van der Waals surface area contributed by atoms with Gasteiger partial charge in [-0.05, 0) is 41.1 Å². The van der Waals surface area contributed by atoms with E-state index in [9.17, 15) is 9.59 Å². The first-order valence-electron chi connectivity index (χ1n) is 11.5. The number of amides is 1. The van der Waals surface area contributed by atoms with E-state index in [4.69, 9.17) is 0 Å². The second-order valence-electron chi connectivity index (χ2n) is 7.87. The lowest BCUT2D eigenvalue weighted by atomic mass is 10.2. The number of hydrogen-bond donors (Lipinski definition) is 2. The Balaban J connectivity index is 0.000000105. The molecule has 8 rings (SSSR count). The van der Waals surface area contributed by atoms with Crippen molar-refractivity contribution < 1.29 is 9.59 Å². The molecule has 0 bridgehead atoms. The van der Waals surface area contributed by atoms with Crippen LogP contribution in [0, 0.1) is 0 Å². The standard InChI is InChI=1S/C12H8S.C6H4N2O2.C6H4S2.C6H6/c1-3-7-11-9(5-1)10-6-2-4-8-12(10)13-11;9-5-4-3(1-2-7-4)8-6(5)10;1-3-7-6-2-4-8-5(1)6;1-2-4-6-5-3-1/h1-8H;1-2,7H,(H,8,9,10);1-4H;1-6H. The first-order chi connectivity index (χ1) is 18.2. The minimum Gasteiger partial charge on any atom is -0.357 e. The van der Waals surface area contributed by atoms with Crippen molar-refractivity contribution in [3.63, 3.8) is 0 Å². The molecule has 7 heteroatoms. The molecule has 0 radical (unpaired) electrons. The summed E-state index contributed by atoms with van der Waals surface area (Å²) in [6, 6.07) is 35.1. The Kier molecular flexibility index (Phi) is 7.86.